The van der Waals surface area contributed by atoms with Crippen molar-refractivity contribution in [1.82, 2.24) is 15.5 Å². The fourth-order valence-corrected chi connectivity index (χ4v) is 2.58. The number of benzene rings is 1. The molecule has 0 aliphatic carbocycles. The van der Waals surface area contributed by atoms with Crippen molar-refractivity contribution in [1.29, 1.82) is 0 Å². The van der Waals surface area contributed by atoms with Gasteiger partial charge in [-0.2, -0.15) is 5.10 Å². The summed E-state index contributed by atoms with van der Waals surface area (Å²) in [6, 6.07) is 7.99. The van der Waals surface area contributed by atoms with Crippen LogP contribution in [0, 0.1) is 0 Å². The van der Waals surface area contributed by atoms with E-state index >= 15 is 0 Å². The maximum Gasteiger partial charge on any atom is 0.272 e. The molecule has 100 valence electrons. The van der Waals surface area contributed by atoms with Gasteiger partial charge in [-0.25, -0.2) is 5.10 Å². The van der Waals surface area contributed by atoms with E-state index in [0.717, 1.165) is 37.1 Å². The van der Waals surface area contributed by atoms with Crippen molar-refractivity contribution in [2.75, 3.05) is 18.4 Å². The number of H-pyrrole nitrogens is 1. The van der Waals surface area contributed by atoms with E-state index in [0.29, 0.717) is 11.4 Å². The number of anilines is 1. The Morgan fingerprint density at radius 2 is 2.00 bits per heavy atom. The zero-order chi connectivity index (χ0) is 13.1. The molecule has 1 aliphatic heterocycles. The molecule has 3 rings (SSSR count). The summed E-state index contributed by atoms with van der Waals surface area (Å²) in [6.07, 6.45) is 3.37. The van der Waals surface area contributed by atoms with Crippen LogP contribution in [0.2, 0.25) is 0 Å². The van der Waals surface area contributed by atoms with Gasteiger partial charge in [0.15, 0.2) is 5.82 Å². The summed E-state index contributed by atoms with van der Waals surface area (Å²) in [5, 5.41) is 15.2. The highest BCUT2D eigenvalue weighted by Crippen LogP contribution is 2.19. The molecule has 0 bridgehead atoms. The maximum absolute atomic E-state index is 11.7. The van der Waals surface area contributed by atoms with Crippen molar-refractivity contribution in [2.45, 2.75) is 25.3 Å². The SMILES string of the molecule is O=c1[nH]nc(NC2CCCNCC2)c2ccccc12. The van der Waals surface area contributed by atoms with E-state index in [1.807, 2.05) is 24.3 Å². The molecular formula is C14H18N4O. The highest BCUT2D eigenvalue weighted by atomic mass is 16.1. The predicted molar refractivity (Wildman–Crippen MR) is 76.5 cm³/mol. The molecule has 2 aromatic rings. The number of hydrogen-bond acceptors (Lipinski definition) is 4. The molecule has 1 aliphatic rings. The lowest BCUT2D eigenvalue weighted by Crippen LogP contribution is -2.23. The van der Waals surface area contributed by atoms with Crippen LogP contribution in [0.4, 0.5) is 5.82 Å². The third kappa shape index (κ3) is 2.61. The predicted octanol–water partition coefficient (Wildman–Crippen LogP) is 1.48. The molecule has 1 aromatic heterocycles. The third-order valence-electron chi connectivity index (χ3n) is 3.61. The second-order valence-corrected chi connectivity index (χ2v) is 4.97. The number of fused-ring (bicyclic) bond motifs is 1. The van der Waals surface area contributed by atoms with E-state index in [1.54, 1.807) is 0 Å². The Bertz CT molecular complexity index is 614. The van der Waals surface area contributed by atoms with Crippen molar-refractivity contribution in [3.63, 3.8) is 0 Å². The molecule has 0 radical (unpaired) electrons. The topological polar surface area (TPSA) is 69.8 Å². The van der Waals surface area contributed by atoms with E-state index in [2.05, 4.69) is 20.8 Å². The largest absolute Gasteiger partial charge is 0.365 e. The molecule has 2 heterocycles. The second-order valence-electron chi connectivity index (χ2n) is 4.97. The van der Waals surface area contributed by atoms with Gasteiger partial charge in [-0.3, -0.25) is 4.79 Å². The third-order valence-corrected chi connectivity index (χ3v) is 3.61. The van der Waals surface area contributed by atoms with Crippen molar-refractivity contribution in [3.8, 4) is 0 Å². The first-order chi connectivity index (χ1) is 9.34. The van der Waals surface area contributed by atoms with E-state index in [-0.39, 0.29) is 5.56 Å². The van der Waals surface area contributed by atoms with Gasteiger partial charge in [0.25, 0.3) is 5.56 Å². The number of aromatic nitrogens is 2. The van der Waals surface area contributed by atoms with Crippen LogP contribution in [0.25, 0.3) is 10.8 Å². The molecule has 19 heavy (non-hydrogen) atoms. The summed E-state index contributed by atoms with van der Waals surface area (Å²) in [4.78, 5) is 11.7. The molecule has 3 N–H and O–H groups in total. The number of nitrogens with zero attached hydrogens (tertiary/aromatic N) is 1. The first kappa shape index (κ1) is 12.2. The standard InChI is InChI=1S/C14H18N4O/c19-14-12-6-2-1-5-11(12)13(17-18-14)16-10-4-3-8-15-9-7-10/h1-2,5-6,10,15H,3-4,7-9H2,(H,16,17)(H,18,19). The normalized spacial score (nSPS) is 20.1. The summed E-state index contributed by atoms with van der Waals surface area (Å²) in [6.45, 7) is 2.11. The summed E-state index contributed by atoms with van der Waals surface area (Å²) in [7, 11) is 0. The van der Waals surface area contributed by atoms with Crippen LogP contribution in [0.1, 0.15) is 19.3 Å². The van der Waals surface area contributed by atoms with Gasteiger partial charge < -0.3 is 10.6 Å². The first-order valence-electron chi connectivity index (χ1n) is 6.79. The average Bonchev–Trinajstić information content (AvgIpc) is 2.71. The van der Waals surface area contributed by atoms with Crippen LogP contribution in [-0.4, -0.2) is 29.3 Å². The minimum atomic E-state index is -0.135. The lowest BCUT2D eigenvalue weighted by molar-refractivity contribution is 0.634. The van der Waals surface area contributed by atoms with Crippen molar-refractivity contribution in [3.05, 3.63) is 34.6 Å². The quantitative estimate of drug-likeness (QED) is 0.763. The smallest absolute Gasteiger partial charge is 0.272 e. The van der Waals surface area contributed by atoms with E-state index in [1.165, 1.54) is 6.42 Å². The van der Waals surface area contributed by atoms with Crippen LogP contribution in [0.15, 0.2) is 29.1 Å². The first-order valence-corrected chi connectivity index (χ1v) is 6.79. The lowest BCUT2D eigenvalue weighted by Gasteiger charge is -2.17. The number of aromatic amines is 1. The molecule has 1 aromatic carbocycles. The monoisotopic (exact) mass is 258 g/mol. The Morgan fingerprint density at radius 1 is 1.16 bits per heavy atom. The molecule has 1 saturated heterocycles. The van der Waals surface area contributed by atoms with E-state index in [4.69, 9.17) is 0 Å². The average molecular weight is 258 g/mol. The molecule has 5 nitrogen and oxygen atoms in total. The van der Waals surface area contributed by atoms with E-state index in [9.17, 15) is 4.79 Å². The minimum Gasteiger partial charge on any atom is -0.365 e. The summed E-state index contributed by atoms with van der Waals surface area (Å²) in [5.41, 5.74) is -0.135. The molecular weight excluding hydrogens is 240 g/mol. The molecule has 1 fully saturated rings. The van der Waals surface area contributed by atoms with Crippen LogP contribution < -0.4 is 16.2 Å². The van der Waals surface area contributed by atoms with Crippen LogP contribution >= 0.6 is 0 Å². The summed E-state index contributed by atoms with van der Waals surface area (Å²) >= 11 is 0. The number of hydrogen-bond donors (Lipinski definition) is 3. The fraction of sp³-hybridized carbons (Fsp3) is 0.429. The second kappa shape index (κ2) is 5.40. The maximum atomic E-state index is 11.7. The van der Waals surface area contributed by atoms with Gasteiger partial charge in [0.2, 0.25) is 0 Å². The molecule has 0 spiro atoms. The van der Waals surface area contributed by atoms with Gasteiger partial charge >= 0.3 is 0 Å². The fourth-order valence-electron chi connectivity index (χ4n) is 2.58. The number of nitrogens with one attached hydrogen (secondary N) is 3. The van der Waals surface area contributed by atoms with Crippen molar-refractivity contribution in [2.24, 2.45) is 0 Å². The van der Waals surface area contributed by atoms with Crippen molar-refractivity contribution >= 4 is 16.6 Å². The Kier molecular flexibility index (Phi) is 3.46. The highest BCUT2D eigenvalue weighted by Gasteiger charge is 2.14. The van der Waals surface area contributed by atoms with Crippen molar-refractivity contribution < 1.29 is 0 Å². The molecule has 1 unspecified atom stereocenters. The Morgan fingerprint density at radius 3 is 2.89 bits per heavy atom. The highest BCUT2D eigenvalue weighted by molar-refractivity contribution is 5.90. The van der Waals surface area contributed by atoms with Crippen LogP contribution in [0.5, 0.6) is 0 Å². The van der Waals surface area contributed by atoms with Crippen LogP contribution in [0.3, 0.4) is 0 Å². The van der Waals surface area contributed by atoms with Gasteiger partial charge in [-0.15, -0.1) is 0 Å². The molecule has 5 heteroatoms. The minimum absolute atomic E-state index is 0.135. The summed E-state index contributed by atoms with van der Waals surface area (Å²) in [5.74, 6) is 0.780. The molecule has 0 saturated carbocycles. The van der Waals surface area contributed by atoms with Gasteiger partial charge in [0, 0.05) is 11.4 Å². The molecule has 0 amide bonds. The molecule has 1 atom stereocenters. The van der Waals surface area contributed by atoms with E-state index < -0.39 is 0 Å². The Hall–Kier alpha value is -1.88. The van der Waals surface area contributed by atoms with Gasteiger partial charge in [-0.05, 0) is 38.4 Å². The Balaban J connectivity index is 1.92. The van der Waals surface area contributed by atoms with Gasteiger partial charge in [0.1, 0.15) is 0 Å². The zero-order valence-electron chi connectivity index (χ0n) is 10.8. The van der Waals surface area contributed by atoms with Crippen LogP contribution in [-0.2, 0) is 0 Å². The number of rotatable bonds is 2. The van der Waals surface area contributed by atoms with Gasteiger partial charge in [-0.1, -0.05) is 18.2 Å². The van der Waals surface area contributed by atoms with Gasteiger partial charge in [0.05, 0.1) is 5.39 Å². The lowest BCUT2D eigenvalue weighted by atomic mass is 10.1. The zero-order valence-corrected chi connectivity index (χ0v) is 10.8. The Labute approximate surface area is 111 Å². The summed E-state index contributed by atoms with van der Waals surface area (Å²) < 4.78 is 0.